The summed E-state index contributed by atoms with van der Waals surface area (Å²) in [6.07, 6.45) is 1.22. The molecule has 0 aromatic heterocycles. The Bertz CT molecular complexity index is 378. The van der Waals surface area contributed by atoms with Crippen LogP contribution in [0.4, 0.5) is 0 Å². The van der Waals surface area contributed by atoms with Crippen molar-refractivity contribution in [2.45, 2.75) is 19.4 Å². The fourth-order valence-corrected chi connectivity index (χ4v) is 2.18. The van der Waals surface area contributed by atoms with Crippen molar-refractivity contribution in [2.75, 3.05) is 14.2 Å². The van der Waals surface area contributed by atoms with Crippen molar-refractivity contribution in [3.63, 3.8) is 0 Å². The lowest BCUT2D eigenvalue weighted by molar-refractivity contribution is 0.386. The van der Waals surface area contributed by atoms with E-state index in [0.717, 1.165) is 23.0 Å². The Balaban J connectivity index is 2.25. The average molecular weight is 221 g/mol. The van der Waals surface area contributed by atoms with Crippen molar-refractivity contribution in [3.8, 4) is 11.5 Å². The van der Waals surface area contributed by atoms with Crippen LogP contribution in [0.2, 0.25) is 0 Å². The molecule has 3 unspecified atom stereocenters. The fraction of sp³-hybridized carbons (Fsp3) is 0.538. The molecular formula is C13H19NO2. The number of hydrogen-bond donors (Lipinski definition) is 1. The zero-order chi connectivity index (χ0) is 11.7. The van der Waals surface area contributed by atoms with Crippen molar-refractivity contribution in [3.05, 3.63) is 23.8 Å². The van der Waals surface area contributed by atoms with Gasteiger partial charge in [-0.3, -0.25) is 0 Å². The zero-order valence-electron chi connectivity index (χ0n) is 10.1. The largest absolute Gasteiger partial charge is 0.497 e. The Labute approximate surface area is 96.5 Å². The quantitative estimate of drug-likeness (QED) is 0.848. The summed E-state index contributed by atoms with van der Waals surface area (Å²) in [4.78, 5) is 0. The van der Waals surface area contributed by atoms with Gasteiger partial charge in [0.1, 0.15) is 11.5 Å². The first kappa shape index (κ1) is 11.3. The van der Waals surface area contributed by atoms with Gasteiger partial charge in [0.15, 0.2) is 0 Å². The van der Waals surface area contributed by atoms with E-state index in [0.29, 0.717) is 5.92 Å². The second kappa shape index (κ2) is 4.34. The van der Waals surface area contributed by atoms with Crippen molar-refractivity contribution in [1.29, 1.82) is 0 Å². The SMILES string of the molecule is COc1ccc(C(N)C2CC2C)c(OC)c1. The second-order valence-corrected chi connectivity index (χ2v) is 4.51. The molecule has 1 aromatic carbocycles. The molecule has 0 heterocycles. The molecule has 3 nitrogen and oxygen atoms in total. The van der Waals surface area contributed by atoms with Crippen molar-refractivity contribution >= 4 is 0 Å². The highest BCUT2D eigenvalue weighted by Gasteiger charge is 2.39. The number of rotatable bonds is 4. The molecule has 1 aliphatic carbocycles. The van der Waals surface area contributed by atoms with Crippen molar-refractivity contribution in [1.82, 2.24) is 0 Å². The van der Waals surface area contributed by atoms with Crippen LogP contribution in [0.15, 0.2) is 18.2 Å². The van der Waals surface area contributed by atoms with E-state index >= 15 is 0 Å². The van der Waals surface area contributed by atoms with Gasteiger partial charge in [-0.1, -0.05) is 13.0 Å². The van der Waals surface area contributed by atoms with Gasteiger partial charge >= 0.3 is 0 Å². The highest BCUT2D eigenvalue weighted by atomic mass is 16.5. The van der Waals surface area contributed by atoms with Crippen LogP contribution in [0.5, 0.6) is 11.5 Å². The summed E-state index contributed by atoms with van der Waals surface area (Å²) >= 11 is 0. The lowest BCUT2D eigenvalue weighted by atomic mass is 10.0. The summed E-state index contributed by atoms with van der Waals surface area (Å²) in [6.45, 7) is 2.24. The average Bonchev–Trinajstić information content (AvgIpc) is 3.04. The predicted octanol–water partition coefficient (Wildman–Crippen LogP) is 2.36. The van der Waals surface area contributed by atoms with Crippen LogP contribution in [0, 0.1) is 11.8 Å². The molecule has 2 rings (SSSR count). The highest BCUT2D eigenvalue weighted by molar-refractivity contribution is 5.43. The number of benzene rings is 1. The maximum atomic E-state index is 6.24. The van der Waals surface area contributed by atoms with Gasteiger partial charge in [0, 0.05) is 17.7 Å². The summed E-state index contributed by atoms with van der Waals surface area (Å²) in [7, 11) is 3.32. The third-order valence-electron chi connectivity index (χ3n) is 3.43. The van der Waals surface area contributed by atoms with Gasteiger partial charge < -0.3 is 15.2 Å². The zero-order valence-corrected chi connectivity index (χ0v) is 10.1. The summed E-state index contributed by atoms with van der Waals surface area (Å²) in [6, 6.07) is 5.91. The molecule has 0 radical (unpaired) electrons. The Morgan fingerprint density at radius 1 is 1.31 bits per heavy atom. The molecule has 0 bridgehead atoms. The summed E-state index contributed by atoms with van der Waals surface area (Å²) < 4.78 is 10.5. The molecule has 0 aliphatic heterocycles. The minimum atomic E-state index is 0.0795. The van der Waals surface area contributed by atoms with Crippen molar-refractivity contribution in [2.24, 2.45) is 17.6 Å². The molecule has 0 amide bonds. The molecule has 1 aromatic rings. The third-order valence-corrected chi connectivity index (χ3v) is 3.43. The van der Waals surface area contributed by atoms with Crippen LogP contribution in [0.25, 0.3) is 0 Å². The Hall–Kier alpha value is -1.22. The topological polar surface area (TPSA) is 44.5 Å². The molecule has 16 heavy (non-hydrogen) atoms. The molecule has 88 valence electrons. The van der Waals surface area contributed by atoms with E-state index in [1.807, 2.05) is 18.2 Å². The van der Waals surface area contributed by atoms with Crippen LogP contribution in [0.1, 0.15) is 24.9 Å². The second-order valence-electron chi connectivity index (χ2n) is 4.51. The maximum absolute atomic E-state index is 6.24. The normalized spacial score (nSPS) is 25.0. The first-order chi connectivity index (χ1) is 7.67. The van der Waals surface area contributed by atoms with Gasteiger partial charge in [0.05, 0.1) is 14.2 Å². The smallest absolute Gasteiger partial charge is 0.127 e. The van der Waals surface area contributed by atoms with E-state index in [1.54, 1.807) is 14.2 Å². The Kier molecular flexibility index (Phi) is 3.06. The molecule has 1 fully saturated rings. The fourth-order valence-electron chi connectivity index (χ4n) is 2.18. The molecule has 3 heteroatoms. The number of nitrogens with two attached hydrogens (primary N) is 1. The molecule has 0 saturated heterocycles. The van der Waals surface area contributed by atoms with Gasteiger partial charge in [-0.05, 0) is 24.3 Å². The number of methoxy groups -OCH3 is 2. The summed E-state index contributed by atoms with van der Waals surface area (Å²) in [5.74, 6) is 2.96. The van der Waals surface area contributed by atoms with Crippen LogP contribution in [-0.2, 0) is 0 Å². The number of hydrogen-bond acceptors (Lipinski definition) is 3. The molecule has 2 N–H and O–H groups in total. The molecule has 1 saturated carbocycles. The minimum Gasteiger partial charge on any atom is -0.497 e. The van der Waals surface area contributed by atoms with E-state index < -0.39 is 0 Å². The monoisotopic (exact) mass is 221 g/mol. The van der Waals surface area contributed by atoms with Crippen molar-refractivity contribution < 1.29 is 9.47 Å². The van der Waals surface area contributed by atoms with Crippen LogP contribution in [0.3, 0.4) is 0 Å². The van der Waals surface area contributed by atoms with E-state index in [9.17, 15) is 0 Å². The van der Waals surface area contributed by atoms with Gasteiger partial charge in [0.2, 0.25) is 0 Å². The van der Waals surface area contributed by atoms with Crippen LogP contribution >= 0.6 is 0 Å². The molecule has 3 atom stereocenters. The number of ether oxygens (including phenoxy) is 2. The standard InChI is InChI=1S/C13H19NO2/c1-8-6-11(8)13(14)10-5-4-9(15-2)7-12(10)16-3/h4-5,7-8,11,13H,6,14H2,1-3H3. The highest BCUT2D eigenvalue weighted by Crippen LogP contribution is 2.47. The lowest BCUT2D eigenvalue weighted by Crippen LogP contribution is -2.14. The molecule has 0 spiro atoms. The first-order valence-electron chi connectivity index (χ1n) is 5.65. The summed E-state index contributed by atoms with van der Waals surface area (Å²) in [5, 5.41) is 0. The van der Waals surface area contributed by atoms with Gasteiger partial charge in [-0.2, -0.15) is 0 Å². The Morgan fingerprint density at radius 2 is 2.00 bits per heavy atom. The third kappa shape index (κ3) is 2.00. The van der Waals surface area contributed by atoms with E-state index in [-0.39, 0.29) is 6.04 Å². The van der Waals surface area contributed by atoms with E-state index in [2.05, 4.69) is 6.92 Å². The maximum Gasteiger partial charge on any atom is 0.127 e. The predicted molar refractivity (Wildman–Crippen MR) is 63.7 cm³/mol. The Morgan fingerprint density at radius 3 is 2.50 bits per heavy atom. The van der Waals surface area contributed by atoms with Crippen LogP contribution < -0.4 is 15.2 Å². The minimum absolute atomic E-state index is 0.0795. The molecule has 1 aliphatic rings. The lowest BCUT2D eigenvalue weighted by Gasteiger charge is -2.16. The molecular weight excluding hydrogens is 202 g/mol. The van der Waals surface area contributed by atoms with E-state index in [4.69, 9.17) is 15.2 Å². The first-order valence-corrected chi connectivity index (χ1v) is 5.65. The van der Waals surface area contributed by atoms with E-state index in [1.165, 1.54) is 6.42 Å². The summed E-state index contributed by atoms with van der Waals surface area (Å²) in [5.41, 5.74) is 7.32. The van der Waals surface area contributed by atoms with Gasteiger partial charge in [-0.25, -0.2) is 0 Å². The van der Waals surface area contributed by atoms with Gasteiger partial charge in [0.25, 0.3) is 0 Å². The van der Waals surface area contributed by atoms with Gasteiger partial charge in [-0.15, -0.1) is 0 Å². The van der Waals surface area contributed by atoms with Crippen LogP contribution in [-0.4, -0.2) is 14.2 Å².